The third-order valence-corrected chi connectivity index (χ3v) is 3.64. The molecule has 94 valence electrons. The first-order chi connectivity index (χ1) is 8.58. The van der Waals surface area contributed by atoms with E-state index in [1.165, 1.54) is 0 Å². The molecule has 0 aliphatic carbocycles. The van der Waals surface area contributed by atoms with E-state index in [-0.39, 0.29) is 11.6 Å². The monoisotopic (exact) mass is 262 g/mol. The van der Waals surface area contributed by atoms with Crippen molar-refractivity contribution in [2.75, 3.05) is 5.32 Å². The van der Waals surface area contributed by atoms with Crippen LogP contribution >= 0.6 is 11.3 Å². The van der Waals surface area contributed by atoms with E-state index >= 15 is 0 Å². The Labute approximate surface area is 109 Å². The number of carboxylic acids is 1. The Morgan fingerprint density at radius 2 is 2.22 bits per heavy atom. The Balaban J connectivity index is 2.28. The highest BCUT2D eigenvalue weighted by Gasteiger charge is 2.14. The molecule has 0 aliphatic rings. The SMILES string of the molecule is Cc1ccc(C(=O)O)c(NC(C)c2cccs2)n1. The standard InChI is InChI=1S/C13H14N2O2S/c1-8-5-6-10(13(16)17)12(14-8)15-9(2)11-4-3-7-18-11/h3-7,9H,1-2H3,(H,14,15)(H,16,17). The van der Waals surface area contributed by atoms with Crippen molar-refractivity contribution in [1.29, 1.82) is 0 Å². The third-order valence-electron chi connectivity index (χ3n) is 2.59. The summed E-state index contributed by atoms with van der Waals surface area (Å²) in [5.74, 6) is -0.549. The van der Waals surface area contributed by atoms with E-state index < -0.39 is 5.97 Å². The summed E-state index contributed by atoms with van der Waals surface area (Å²) in [7, 11) is 0. The van der Waals surface area contributed by atoms with Gasteiger partial charge in [-0.05, 0) is 37.4 Å². The second-order valence-corrected chi connectivity index (χ2v) is 5.01. The van der Waals surface area contributed by atoms with E-state index in [1.807, 2.05) is 31.4 Å². The van der Waals surface area contributed by atoms with Crippen LogP contribution in [0.25, 0.3) is 0 Å². The number of thiophene rings is 1. The van der Waals surface area contributed by atoms with Gasteiger partial charge in [0.25, 0.3) is 0 Å². The second-order valence-electron chi connectivity index (χ2n) is 4.04. The highest BCUT2D eigenvalue weighted by Crippen LogP contribution is 2.24. The van der Waals surface area contributed by atoms with Gasteiger partial charge in [-0.1, -0.05) is 6.07 Å². The van der Waals surface area contributed by atoms with Crippen LogP contribution in [0.4, 0.5) is 5.82 Å². The third kappa shape index (κ3) is 2.68. The number of rotatable bonds is 4. The molecule has 2 N–H and O–H groups in total. The van der Waals surface area contributed by atoms with Crippen LogP contribution in [0.5, 0.6) is 0 Å². The fraction of sp³-hybridized carbons (Fsp3) is 0.231. The number of carbonyl (C=O) groups is 1. The van der Waals surface area contributed by atoms with Crippen LogP contribution in [0.15, 0.2) is 29.6 Å². The highest BCUT2D eigenvalue weighted by atomic mass is 32.1. The van der Waals surface area contributed by atoms with Crippen molar-refractivity contribution in [3.8, 4) is 0 Å². The average Bonchev–Trinajstić information content (AvgIpc) is 2.81. The Hall–Kier alpha value is -1.88. The quantitative estimate of drug-likeness (QED) is 0.887. The van der Waals surface area contributed by atoms with Crippen molar-refractivity contribution in [3.63, 3.8) is 0 Å². The van der Waals surface area contributed by atoms with Gasteiger partial charge in [-0.3, -0.25) is 0 Å². The summed E-state index contributed by atoms with van der Waals surface area (Å²) >= 11 is 1.63. The molecule has 2 aromatic rings. The topological polar surface area (TPSA) is 62.2 Å². The molecule has 1 unspecified atom stereocenters. The van der Waals surface area contributed by atoms with Crippen molar-refractivity contribution in [2.24, 2.45) is 0 Å². The number of aromatic carboxylic acids is 1. The van der Waals surface area contributed by atoms with Crippen LogP contribution in [0.2, 0.25) is 0 Å². The predicted molar refractivity (Wildman–Crippen MR) is 72.3 cm³/mol. The van der Waals surface area contributed by atoms with E-state index in [9.17, 15) is 4.79 Å². The number of hydrogen-bond donors (Lipinski definition) is 2. The predicted octanol–water partition coefficient (Wildman–Crippen LogP) is 3.32. The Morgan fingerprint density at radius 1 is 1.44 bits per heavy atom. The number of carboxylic acid groups (broad SMARTS) is 1. The minimum atomic E-state index is -0.969. The lowest BCUT2D eigenvalue weighted by Gasteiger charge is -2.15. The van der Waals surface area contributed by atoms with Gasteiger partial charge in [-0.25, -0.2) is 9.78 Å². The maximum atomic E-state index is 11.1. The van der Waals surface area contributed by atoms with Crippen molar-refractivity contribution in [1.82, 2.24) is 4.98 Å². The van der Waals surface area contributed by atoms with Gasteiger partial charge in [0.2, 0.25) is 0 Å². The molecule has 0 bridgehead atoms. The molecule has 0 radical (unpaired) electrons. The molecule has 0 fully saturated rings. The summed E-state index contributed by atoms with van der Waals surface area (Å²) in [5.41, 5.74) is 0.991. The summed E-state index contributed by atoms with van der Waals surface area (Å²) < 4.78 is 0. The lowest BCUT2D eigenvalue weighted by molar-refractivity contribution is 0.0697. The second kappa shape index (κ2) is 5.18. The fourth-order valence-electron chi connectivity index (χ4n) is 1.65. The van der Waals surface area contributed by atoms with Crippen LogP contribution in [-0.4, -0.2) is 16.1 Å². The van der Waals surface area contributed by atoms with Crippen molar-refractivity contribution in [2.45, 2.75) is 19.9 Å². The van der Waals surface area contributed by atoms with Crippen molar-refractivity contribution >= 4 is 23.1 Å². The Kier molecular flexibility index (Phi) is 3.62. The molecule has 2 heterocycles. The van der Waals surface area contributed by atoms with Gasteiger partial charge in [0.1, 0.15) is 11.4 Å². The normalized spacial score (nSPS) is 12.1. The molecule has 5 heteroatoms. The summed E-state index contributed by atoms with van der Waals surface area (Å²) in [6.07, 6.45) is 0. The number of anilines is 1. The largest absolute Gasteiger partial charge is 0.478 e. The molecule has 0 spiro atoms. The van der Waals surface area contributed by atoms with Gasteiger partial charge < -0.3 is 10.4 Å². The Bertz CT molecular complexity index is 552. The van der Waals surface area contributed by atoms with Crippen LogP contribution in [-0.2, 0) is 0 Å². The first-order valence-electron chi connectivity index (χ1n) is 5.59. The molecule has 2 aromatic heterocycles. The fourth-order valence-corrected chi connectivity index (χ4v) is 2.39. The van der Waals surface area contributed by atoms with E-state index in [2.05, 4.69) is 10.3 Å². The smallest absolute Gasteiger partial charge is 0.339 e. The number of hydrogen-bond acceptors (Lipinski definition) is 4. The van der Waals surface area contributed by atoms with Crippen LogP contribution in [0.3, 0.4) is 0 Å². The van der Waals surface area contributed by atoms with Gasteiger partial charge in [0.15, 0.2) is 0 Å². The van der Waals surface area contributed by atoms with Gasteiger partial charge >= 0.3 is 5.97 Å². The highest BCUT2D eigenvalue weighted by molar-refractivity contribution is 7.10. The van der Waals surface area contributed by atoms with Crippen molar-refractivity contribution in [3.05, 3.63) is 45.8 Å². The molecule has 1 atom stereocenters. The molecule has 0 aliphatic heterocycles. The van der Waals surface area contributed by atoms with E-state index in [0.29, 0.717) is 5.82 Å². The zero-order valence-corrected chi connectivity index (χ0v) is 11.0. The number of nitrogens with zero attached hydrogens (tertiary/aromatic N) is 1. The molecule has 0 saturated carbocycles. The first-order valence-corrected chi connectivity index (χ1v) is 6.47. The minimum absolute atomic E-state index is 0.0393. The first kappa shape index (κ1) is 12.6. The molecule has 0 amide bonds. The molecule has 4 nitrogen and oxygen atoms in total. The van der Waals surface area contributed by atoms with E-state index in [0.717, 1.165) is 10.6 Å². The molecule has 0 saturated heterocycles. The molecule has 18 heavy (non-hydrogen) atoms. The number of nitrogens with one attached hydrogen (secondary N) is 1. The average molecular weight is 262 g/mol. The number of aryl methyl sites for hydroxylation is 1. The zero-order chi connectivity index (χ0) is 13.1. The summed E-state index contributed by atoms with van der Waals surface area (Å²) in [4.78, 5) is 16.5. The van der Waals surface area contributed by atoms with Crippen molar-refractivity contribution < 1.29 is 9.90 Å². The van der Waals surface area contributed by atoms with Gasteiger partial charge in [-0.15, -0.1) is 11.3 Å². The molecular formula is C13H14N2O2S. The van der Waals surface area contributed by atoms with Gasteiger partial charge in [0, 0.05) is 10.6 Å². The lowest BCUT2D eigenvalue weighted by atomic mass is 10.2. The Morgan fingerprint density at radius 3 is 2.83 bits per heavy atom. The minimum Gasteiger partial charge on any atom is -0.478 e. The maximum Gasteiger partial charge on any atom is 0.339 e. The number of aromatic nitrogens is 1. The van der Waals surface area contributed by atoms with E-state index in [1.54, 1.807) is 23.5 Å². The van der Waals surface area contributed by atoms with Gasteiger partial charge in [-0.2, -0.15) is 0 Å². The van der Waals surface area contributed by atoms with Crippen LogP contribution < -0.4 is 5.32 Å². The summed E-state index contributed by atoms with van der Waals surface area (Å²) in [6, 6.07) is 7.30. The molecule has 2 rings (SSSR count). The van der Waals surface area contributed by atoms with E-state index in [4.69, 9.17) is 5.11 Å². The van der Waals surface area contributed by atoms with Gasteiger partial charge in [0.05, 0.1) is 6.04 Å². The van der Waals surface area contributed by atoms with Crippen LogP contribution in [0.1, 0.15) is 33.9 Å². The lowest BCUT2D eigenvalue weighted by Crippen LogP contribution is -2.12. The summed E-state index contributed by atoms with van der Waals surface area (Å²) in [5, 5.41) is 14.3. The zero-order valence-electron chi connectivity index (χ0n) is 10.2. The molecule has 0 aromatic carbocycles. The number of pyridine rings is 1. The maximum absolute atomic E-state index is 11.1. The summed E-state index contributed by atoms with van der Waals surface area (Å²) in [6.45, 7) is 3.83. The molecular weight excluding hydrogens is 248 g/mol. The van der Waals surface area contributed by atoms with Crippen LogP contribution in [0, 0.1) is 6.92 Å².